The second kappa shape index (κ2) is 8.93. The number of piperazine rings is 1. The molecule has 1 aromatic carbocycles. The molecule has 0 bridgehead atoms. The number of nitrogen functional groups attached to an aromatic ring is 1. The van der Waals surface area contributed by atoms with E-state index in [0.717, 1.165) is 32.8 Å². The minimum Gasteiger partial charge on any atom is -0.383 e. The number of hydrogen-bond acceptors (Lipinski definition) is 8. The third kappa shape index (κ3) is 4.45. The SMILES string of the molecule is Cc1sc2nc(SCC(=O)N3CCN(S(=O)(=O)c4ccc(F)cc4)CC3)nc(N)c2c1C. The van der Waals surface area contributed by atoms with Gasteiger partial charge in [-0.3, -0.25) is 4.79 Å². The van der Waals surface area contributed by atoms with E-state index in [2.05, 4.69) is 9.97 Å². The summed E-state index contributed by atoms with van der Waals surface area (Å²) in [6, 6.07) is 4.74. The van der Waals surface area contributed by atoms with Crippen molar-refractivity contribution in [2.24, 2.45) is 0 Å². The molecule has 1 aliphatic rings. The van der Waals surface area contributed by atoms with E-state index in [-0.39, 0.29) is 42.7 Å². The summed E-state index contributed by atoms with van der Waals surface area (Å²) in [5, 5.41) is 1.31. The molecule has 0 aliphatic carbocycles. The molecule has 0 unspecified atom stereocenters. The zero-order valence-corrected chi connectivity index (χ0v) is 20.0. The summed E-state index contributed by atoms with van der Waals surface area (Å²) in [6.07, 6.45) is 0. The molecule has 1 aliphatic heterocycles. The van der Waals surface area contributed by atoms with Gasteiger partial charge in [-0.2, -0.15) is 4.31 Å². The molecule has 4 rings (SSSR count). The largest absolute Gasteiger partial charge is 0.383 e. The van der Waals surface area contributed by atoms with Gasteiger partial charge >= 0.3 is 0 Å². The lowest BCUT2D eigenvalue weighted by molar-refractivity contribution is -0.129. The molecular formula is C20H22FN5O3S3. The lowest BCUT2D eigenvalue weighted by Crippen LogP contribution is -2.50. The Labute approximate surface area is 193 Å². The van der Waals surface area contributed by atoms with Crippen LogP contribution in [0.5, 0.6) is 0 Å². The second-order valence-electron chi connectivity index (χ2n) is 7.38. The Hall–Kier alpha value is -2.28. The summed E-state index contributed by atoms with van der Waals surface area (Å²) >= 11 is 2.76. The minimum atomic E-state index is -3.72. The second-order valence-corrected chi connectivity index (χ2v) is 11.5. The molecule has 1 fully saturated rings. The van der Waals surface area contributed by atoms with E-state index in [1.165, 1.54) is 28.2 Å². The van der Waals surface area contributed by atoms with Crippen molar-refractivity contribution in [2.45, 2.75) is 23.9 Å². The van der Waals surface area contributed by atoms with Gasteiger partial charge in [-0.15, -0.1) is 11.3 Å². The van der Waals surface area contributed by atoms with Gasteiger partial charge in [0.1, 0.15) is 16.5 Å². The minimum absolute atomic E-state index is 0.0402. The first kappa shape index (κ1) is 22.9. The van der Waals surface area contributed by atoms with Crippen molar-refractivity contribution < 1.29 is 17.6 Å². The van der Waals surface area contributed by atoms with Crippen LogP contribution in [0.3, 0.4) is 0 Å². The molecule has 32 heavy (non-hydrogen) atoms. The number of halogens is 1. The van der Waals surface area contributed by atoms with Crippen molar-refractivity contribution in [3.8, 4) is 0 Å². The van der Waals surface area contributed by atoms with Crippen molar-refractivity contribution in [2.75, 3.05) is 37.7 Å². The highest BCUT2D eigenvalue weighted by Gasteiger charge is 2.30. The van der Waals surface area contributed by atoms with Crippen LogP contribution in [0.15, 0.2) is 34.3 Å². The van der Waals surface area contributed by atoms with Gasteiger partial charge in [0.25, 0.3) is 0 Å². The molecule has 0 saturated carbocycles. The van der Waals surface area contributed by atoms with Crippen molar-refractivity contribution in [1.29, 1.82) is 0 Å². The van der Waals surface area contributed by atoms with Crippen LogP contribution >= 0.6 is 23.1 Å². The number of aromatic nitrogens is 2. The highest BCUT2D eigenvalue weighted by atomic mass is 32.2. The number of nitrogens with two attached hydrogens (primary N) is 1. The van der Waals surface area contributed by atoms with Crippen LogP contribution in [0.2, 0.25) is 0 Å². The Bertz CT molecular complexity index is 1270. The number of rotatable bonds is 5. The lowest BCUT2D eigenvalue weighted by atomic mass is 10.2. The Morgan fingerprint density at radius 3 is 2.47 bits per heavy atom. The quantitative estimate of drug-likeness (QED) is 0.428. The van der Waals surface area contributed by atoms with Gasteiger partial charge < -0.3 is 10.6 Å². The number of anilines is 1. The van der Waals surface area contributed by atoms with Crippen LogP contribution in [0, 0.1) is 19.7 Å². The zero-order chi connectivity index (χ0) is 23.0. The monoisotopic (exact) mass is 495 g/mol. The summed E-state index contributed by atoms with van der Waals surface area (Å²) in [7, 11) is -3.72. The third-order valence-corrected chi connectivity index (χ3v) is 9.25. The number of amides is 1. The molecular weight excluding hydrogens is 473 g/mol. The molecule has 12 heteroatoms. The van der Waals surface area contributed by atoms with E-state index in [0.29, 0.717) is 11.0 Å². The fraction of sp³-hybridized carbons (Fsp3) is 0.350. The predicted molar refractivity (Wildman–Crippen MR) is 124 cm³/mol. The smallest absolute Gasteiger partial charge is 0.243 e. The van der Waals surface area contributed by atoms with Crippen LogP contribution in [0.25, 0.3) is 10.2 Å². The summed E-state index contributed by atoms with van der Waals surface area (Å²) in [4.78, 5) is 25.1. The number of carbonyl (C=O) groups is 1. The fourth-order valence-electron chi connectivity index (χ4n) is 3.48. The molecule has 0 atom stereocenters. The molecule has 170 valence electrons. The number of fused-ring (bicyclic) bond motifs is 1. The zero-order valence-electron chi connectivity index (χ0n) is 17.5. The summed E-state index contributed by atoms with van der Waals surface area (Å²) in [6.45, 7) is 4.92. The summed E-state index contributed by atoms with van der Waals surface area (Å²) < 4.78 is 39.9. The fourth-order valence-corrected chi connectivity index (χ4v) is 6.75. The number of thioether (sulfide) groups is 1. The molecule has 0 spiro atoms. The maximum absolute atomic E-state index is 13.1. The Balaban J connectivity index is 1.36. The van der Waals surface area contributed by atoms with Gasteiger partial charge in [-0.05, 0) is 43.7 Å². The van der Waals surface area contributed by atoms with Crippen LogP contribution < -0.4 is 5.73 Å². The van der Waals surface area contributed by atoms with E-state index in [9.17, 15) is 17.6 Å². The number of hydrogen-bond donors (Lipinski definition) is 1. The lowest BCUT2D eigenvalue weighted by Gasteiger charge is -2.34. The van der Waals surface area contributed by atoms with Gasteiger partial charge in [0, 0.05) is 31.1 Å². The van der Waals surface area contributed by atoms with Crippen molar-refractivity contribution in [1.82, 2.24) is 19.2 Å². The summed E-state index contributed by atoms with van der Waals surface area (Å²) in [5.41, 5.74) is 7.17. The molecule has 3 aromatic rings. The third-order valence-electron chi connectivity index (χ3n) is 5.40. The molecule has 1 saturated heterocycles. The average Bonchev–Trinajstić information content (AvgIpc) is 3.06. The van der Waals surface area contributed by atoms with Crippen molar-refractivity contribution in [3.63, 3.8) is 0 Å². The van der Waals surface area contributed by atoms with Gasteiger partial charge in [0.2, 0.25) is 15.9 Å². The van der Waals surface area contributed by atoms with Crippen molar-refractivity contribution >= 4 is 55.1 Å². The van der Waals surface area contributed by atoms with Crippen LogP contribution in [-0.4, -0.2) is 65.4 Å². The van der Waals surface area contributed by atoms with E-state index < -0.39 is 15.8 Å². The first-order valence-electron chi connectivity index (χ1n) is 9.86. The average molecular weight is 496 g/mol. The molecule has 3 heterocycles. The highest BCUT2D eigenvalue weighted by molar-refractivity contribution is 7.99. The first-order chi connectivity index (χ1) is 15.2. The van der Waals surface area contributed by atoms with Gasteiger partial charge in [0.15, 0.2) is 5.16 Å². The van der Waals surface area contributed by atoms with Gasteiger partial charge in [-0.1, -0.05) is 11.8 Å². The van der Waals surface area contributed by atoms with Gasteiger partial charge in [-0.25, -0.2) is 22.8 Å². The van der Waals surface area contributed by atoms with E-state index in [1.54, 1.807) is 16.2 Å². The van der Waals surface area contributed by atoms with Crippen LogP contribution in [0.4, 0.5) is 10.2 Å². The number of aryl methyl sites for hydroxylation is 2. The normalized spacial score (nSPS) is 15.4. The molecule has 0 radical (unpaired) electrons. The standard InChI is InChI=1S/C20H22FN5O3S3/c1-12-13(2)31-19-17(12)18(22)23-20(24-19)30-11-16(27)25-7-9-26(10-8-25)32(28,29)15-5-3-14(21)4-6-15/h3-6H,7-11H2,1-2H3,(H2,22,23,24). The van der Waals surface area contributed by atoms with Crippen LogP contribution in [0.1, 0.15) is 10.4 Å². The molecule has 8 nitrogen and oxygen atoms in total. The van der Waals surface area contributed by atoms with E-state index in [4.69, 9.17) is 5.73 Å². The Morgan fingerprint density at radius 2 is 1.81 bits per heavy atom. The van der Waals surface area contributed by atoms with Crippen LogP contribution in [-0.2, 0) is 14.8 Å². The first-order valence-corrected chi connectivity index (χ1v) is 13.1. The van der Waals surface area contributed by atoms with Gasteiger partial charge in [0.05, 0.1) is 16.0 Å². The number of benzene rings is 1. The Morgan fingerprint density at radius 1 is 1.16 bits per heavy atom. The Kier molecular flexibility index (Phi) is 6.39. The highest BCUT2D eigenvalue weighted by Crippen LogP contribution is 2.33. The maximum Gasteiger partial charge on any atom is 0.243 e. The van der Waals surface area contributed by atoms with Crippen molar-refractivity contribution in [3.05, 3.63) is 40.5 Å². The predicted octanol–water partition coefficient (Wildman–Crippen LogP) is 2.65. The number of carbonyl (C=O) groups excluding carboxylic acids is 1. The topological polar surface area (TPSA) is 109 Å². The number of thiophene rings is 1. The molecule has 2 N–H and O–H groups in total. The molecule has 2 aromatic heterocycles. The molecule has 1 amide bonds. The maximum atomic E-state index is 13.1. The van der Waals surface area contributed by atoms with E-state index >= 15 is 0 Å². The summed E-state index contributed by atoms with van der Waals surface area (Å²) in [5.74, 6) is -0.0638. The number of sulfonamides is 1. The number of nitrogens with zero attached hydrogens (tertiary/aromatic N) is 4. The van der Waals surface area contributed by atoms with E-state index in [1.807, 2.05) is 13.8 Å².